The first-order valence-electron chi connectivity index (χ1n) is 7.78. The van der Waals surface area contributed by atoms with Crippen molar-refractivity contribution in [3.8, 4) is 0 Å². The summed E-state index contributed by atoms with van der Waals surface area (Å²) in [5.74, 6) is 0. The summed E-state index contributed by atoms with van der Waals surface area (Å²) in [5, 5.41) is 0. The van der Waals surface area contributed by atoms with Gasteiger partial charge in [-0.25, -0.2) is 0 Å². The van der Waals surface area contributed by atoms with Gasteiger partial charge in [0.15, 0.2) is 0 Å². The van der Waals surface area contributed by atoms with E-state index in [1.807, 2.05) is 0 Å². The van der Waals surface area contributed by atoms with Crippen LogP contribution in [0.4, 0.5) is 0 Å². The molecule has 1 nitrogen and oxygen atoms in total. The molecule has 0 atom stereocenters. The summed E-state index contributed by atoms with van der Waals surface area (Å²) in [6.45, 7) is 2.83. The van der Waals surface area contributed by atoms with Crippen LogP contribution in [0.2, 0.25) is 0 Å². The Morgan fingerprint density at radius 3 is 1.87 bits per heavy atom. The number of benzene rings is 3. The molecule has 0 aliphatic carbocycles. The minimum atomic E-state index is -2.28. The summed E-state index contributed by atoms with van der Waals surface area (Å²) < 4.78 is 10.0. The first-order valence-corrected chi connectivity index (χ1v) is 13.0. The van der Waals surface area contributed by atoms with Crippen LogP contribution >= 0.6 is 0 Å². The molecule has 23 heavy (non-hydrogen) atoms. The van der Waals surface area contributed by atoms with E-state index >= 15 is 0 Å². The summed E-state index contributed by atoms with van der Waals surface area (Å²) in [6.07, 6.45) is 0. The van der Waals surface area contributed by atoms with Gasteiger partial charge in [0.2, 0.25) is 0 Å². The first-order chi connectivity index (χ1) is 11.3. The molecule has 0 saturated heterocycles. The Morgan fingerprint density at radius 1 is 0.783 bits per heavy atom. The number of ether oxygens (including phenoxy) is 1. The fourth-order valence-electron chi connectivity index (χ4n) is 2.78. The maximum atomic E-state index is 5.48. The van der Waals surface area contributed by atoms with E-state index in [9.17, 15) is 0 Å². The van der Waals surface area contributed by atoms with Crippen molar-refractivity contribution < 1.29 is 4.74 Å². The normalized spacial score (nSPS) is 10.9. The minimum absolute atomic E-state index is 0.683. The van der Waals surface area contributed by atoms with E-state index in [0.29, 0.717) is 6.61 Å². The van der Waals surface area contributed by atoms with E-state index in [2.05, 4.69) is 85.8 Å². The molecule has 0 amide bonds. The number of rotatable bonds is 5. The molecule has 0 N–H and O–H groups in total. The predicted molar refractivity (Wildman–Crippen MR) is 99.4 cm³/mol. The molecule has 0 spiro atoms. The molecule has 3 rings (SSSR count). The van der Waals surface area contributed by atoms with Crippen LogP contribution in [0.25, 0.3) is 0 Å². The second kappa shape index (κ2) is 7.86. The van der Waals surface area contributed by atoms with E-state index in [4.69, 9.17) is 4.74 Å². The van der Waals surface area contributed by atoms with Gasteiger partial charge in [-0.3, -0.25) is 0 Å². The second-order valence-corrected chi connectivity index (χ2v) is 14.1. The van der Waals surface area contributed by atoms with Crippen molar-refractivity contribution in [3.63, 3.8) is 0 Å². The molecule has 0 unspecified atom stereocenters. The van der Waals surface area contributed by atoms with Gasteiger partial charge in [-0.1, -0.05) is 0 Å². The molecule has 2 heteroatoms. The van der Waals surface area contributed by atoms with E-state index in [0.717, 1.165) is 0 Å². The first kappa shape index (κ1) is 16.4. The molecule has 0 radical (unpaired) electrons. The molecule has 0 aliphatic heterocycles. The van der Waals surface area contributed by atoms with Crippen molar-refractivity contribution in [2.45, 2.75) is 13.5 Å². The van der Waals surface area contributed by atoms with Gasteiger partial charge < -0.3 is 0 Å². The quantitative estimate of drug-likeness (QED) is 0.492. The van der Waals surface area contributed by atoms with Crippen LogP contribution < -0.4 is 9.81 Å². The van der Waals surface area contributed by atoms with Crippen molar-refractivity contribution in [1.82, 2.24) is 0 Å². The molecule has 0 bridgehead atoms. The van der Waals surface area contributed by atoms with Crippen LogP contribution in [0.5, 0.6) is 0 Å². The van der Waals surface area contributed by atoms with Crippen LogP contribution in [0, 0.1) is 6.92 Å². The van der Waals surface area contributed by atoms with Crippen LogP contribution in [0.15, 0.2) is 78.9 Å². The monoisotopic (exact) mass is 498 g/mol. The fourth-order valence-corrected chi connectivity index (χ4v) is 12.3. The van der Waals surface area contributed by atoms with Crippen molar-refractivity contribution in [1.29, 1.82) is 0 Å². The number of aryl methyl sites for hydroxylation is 1. The molecule has 0 aromatic heterocycles. The van der Waals surface area contributed by atoms with Gasteiger partial charge in [0.1, 0.15) is 0 Å². The average Bonchev–Trinajstić information content (AvgIpc) is 2.59. The molecular weight excluding hydrogens is 477 g/mol. The molecule has 0 aliphatic rings. The van der Waals surface area contributed by atoms with Crippen molar-refractivity contribution in [2.24, 2.45) is 0 Å². The van der Waals surface area contributed by atoms with Crippen LogP contribution in [0.1, 0.15) is 11.1 Å². The Bertz CT molecular complexity index is 714. The summed E-state index contributed by atoms with van der Waals surface area (Å²) in [7, 11) is 1.78. The molecule has 0 fully saturated rings. The summed E-state index contributed by atoms with van der Waals surface area (Å²) in [4.78, 5) is 0. The van der Waals surface area contributed by atoms with Gasteiger partial charge in [0.05, 0.1) is 0 Å². The molecule has 3 aromatic carbocycles. The SMILES string of the molecule is COCc1cc(C)cc[c]1[Bi]([c]1ccccc1)[c]1ccccc1. The molecular formula is C21H21BiO. The van der Waals surface area contributed by atoms with E-state index < -0.39 is 21.8 Å². The summed E-state index contributed by atoms with van der Waals surface area (Å²) >= 11 is -2.28. The number of hydrogen-bond acceptors (Lipinski definition) is 1. The Kier molecular flexibility index (Phi) is 5.59. The van der Waals surface area contributed by atoms with Crippen LogP contribution in [-0.2, 0) is 11.3 Å². The Labute approximate surface area is 146 Å². The third-order valence-electron chi connectivity index (χ3n) is 3.80. The molecule has 0 heterocycles. The standard InChI is InChI=1S/C9H11O.2C6H5.Bi/c1-8-4-3-5-9(6-8)7-10-2;2*1-2-4-6-5-3-1;/h3-4,6H,7H2,1-2H3;2*1-5H;. The fraction of sp³-hybridized carbons (Fsp3) is 0.143. The molecule has 0 saturated carbocycles. The predicted octanol–water partition coefficient (Wildman–Crippen LogP) is 2.66. The van der Waals surface area contributed by atoms with Gasteiger partial charge >= 0.3 is 147 Å². The Balaban J connectivity index is 2.17. The summed E-state index contributed by atoms with van der Waals surface area (Å²) in [5.41, 5.74) is 2.64. The molecule has 116 valence electrons. The van der Waals surface area contributed by atoms with E-state index in [1.165, 1.54) is 20.9 Å². The van der Waals surface area contributed by atoms with Crippen molar-refractivity contribution >= 4 is 31.6 Å². The van der Waals surface area contributed by atoms with Crippen LogP contribution in [-0.4, -0.2) is 28.9 Å². The topological polar surface area (TPSA) is 9.23 Å². The van der Waals surface area contributed by atoms with Gasteiger partial charge in [-0.2, -0.15) is 0 Å². The number of methoxy groups -OCH3 is 1. The maximum absolute atomic E-state index is 5.48. The zero-order chi connectivity index (χ0) is 16.1. The zero-order valence-electron chi connectivity index (χ0n) is 13.6. The Hall–Kier alpha value is -1.50. The van der Waals surface area contributed by atoms with Gasteiger partial charge in [0, 0.05) is 0 Å². The van der Waals surface area contributed by atoms with Crippen molar-refractivity contribution in [3.05, 3.63) is 90.0 Å². The average molecular weight is 498 g/mol. The second-order valence-electron chi connectivity index (χ2n) is 5.57. The number of hydrogen-bond donors (Lipinski definition) is 0. The van der Waals surface area contributed by atoms with E-state index in [1.54, 1.807) is 7.11 Å². The van der Waals surface area contributed by atoms with Gasteiger partial charge in [-0.05, 0) is 0 Å². The molecule has 3 aromatic rings. The van der Waals surface area contributed by atoms with E-state index in [-0.39, 0.29) is 0 Å². The van der Waals surface area contributed by atoms with Crippen molar-refractivity contribution in [2.75, 3.05) is 7.11 Å². The zero-order valence-corrected chi connectivity index (χ0v) is 17.0. The summed E-state index contributed by atoms with van der Waals surface area (Å²) in [6, 6.07) is 28.9. The van der Waals surface area contributed by atoms with Gasteiger partial charge in [-0.15, -0.1) is 0 Å². The third-order valence-corrected chi connectivity index (χ3v) is 13.7. The Morgan fingerprint density at radius 2 is 1.35 bits per heavy atom. The third kappa shape index (κ3) is 3.89. The van der Waals surface area contributed by atoms with Gasteiger partial charge in [0.25, 0.3) is 0 Å². The van der Waals surface area contributed by atoms with Crippen LogP contribution in [0.3, 0.4) is 0 Å².